The number of nitrogens with two attached hydrogens (primary N) is 1. The molecule has 0 aliphatic carbocycles. The fourth-order valence-electron chi connectivity index (χ4n) is 1.74. The Hall–Kier alpha value is -2.28. The molecular weight excluding hydrogens is 360 g/mol. The van der Waals surface area contributed by atoms with E-state index in [0.29, 0.717) is 17.3 Å². The number of nitrogens with one attached hydrogen (secondary N) is 2. The van der Waals surface area contributed by atoms with Crippen molar-refractivity contribution < 1.29 is 9.53 Å². The monoisotopic (exact) mass is 378 g/mol. The Morgan fingerprint density at radius 3 is 2.48 bits per heavy atom. The molecule has 0 atom stereocenters. The van der Waals surface area contributed by atoms with Crippen molar-refractivity contribution in [3.05, 3.63) is 41.0 Å². The second-order valence-electron chi connectivity index (χ2n) is 6.01. The SMILES string of the molecule is CC(C)(C)NC(=O)Oc1ccc(Nc2ncc(Br)cc2N)cc1. The van der Waals surface area contributed by atoms with Crippen LogP contribution < -0.4 is 21.1 Å². The third-order valence-electron chi connectivity index (χ3n) is 2.69. The molecule has 7 heteroatoms. The number of ether oxygens (including phenoxy) is 1. The molecule has 0 bridgehead atoms. The normalized spacial score (nSPS) is 11.0. The van der Waals surface area contributed by atoms with Crippen LogP contribution in [-0.4, -0.2) is 16.6 Å². The van der Waals surface area contributed by atoms with Crippen LogP contribution in [0.5, 0.6) is 5.75 Å². The molecule has 0 aliphatic rings. The van der Waals surface area contributed by atoms with Crippen LogP contribution in [0.15, 0.2) is 41.0 Å². The van der Waals surface area contributed by atoms with Gasteiger partial charge in [0.15, 0.2) is 5.82 Å². The maximum Gasteiger partial charge on any atom is 0.413 e. The number of benzene rings is 1. The van der Waals surface area contributed by atoms with E-state index in [1.165, 1.54) is 0 Å². The van der Waals surface area contributed by atoms with Crippen LogP contribution in [0.4, 0.5) is 22.0 Å². The van der Waals surface area contributed by atoms with Gasteiger partial charge in [0.05, 0.1) is 5.69 Å². The highest BCUT2D eigenvalue weighted by Gasteiger charge is 2.15. The largest absolute Gasteiger partial charge is 0.413 e. The summed E-state index contributed by atoms with van der Waals surface area (Å²) in [4.78, 5) is 15.9. The van der Waals surface area contributed by atoms with Crippen LogP contribution in [0.2, 0.25) is 0 Å². The molecule has 0 saturated carbocycles. The summed E-state index contributed by atoms with van der Waals surface area (Å²) >= 11 is 3.31. The second-order valence-corrected chi connectivity index (χ2v) is 6.92. The van der Waals surface area contributed by atoms with E-state index in [9.17, 15) is 4.79 Å². The Morgan fingerprint density at radius 1 is 1.26 bits per heavy atom. The number of hydrogen-bond acceptors (Lipinski definition) is 5. The molecule has 0 fully saturated rings. The van der Waals surface area contributed by atoms with E-state index in [1.54, 1.807) is 36.5 Å². The number of nitrogens with zero attached hydrogens (tertiary/aromatic N) is 1. The van der Waals surface area contributed by atoms with Gasteiger partial charge in [-0.2, -0.15) is 0 Å². The molecule has 1 aromatic carbocycles. The third-order valence-corrected chi connectivity index (χ3v) is 3.12. The molecule has 2 aromatic rings. The maximum absolute atomic E-state index is 11.7. The van der Waals surface area contributed by atoms with Crippen LogP contribution in [-0.2, 0) is 0 Å². The van der Waals surface area contributed by atoms with Crippen molar-refractivity contribution in [3.8, 4) is 5.75 Å². The first kappa shape index (κ1) is 17.1. The number of carbonyl (C=O) groups is 1. The number of anilines is 3. The summed E-state index contributed by atoms with van der Waals surface area (Å²) in [5, 5.41) is 5.83. The molecule has 23 heavy (non-hydrogen) atoms. The predicted molar refractivity (Wildman–Crippen MR) is 95.0 cm³/mol. The highest BCUT2D eigenvalue weighted by molar-refractivity contribution is 9.10. The molecule has 6 nitrogen and oxygen atoms in total. The molecule has 1 heterocycles. The smallest absolute Gasteiger partial charge is 0.410 e. The topological polar surface area (TPSA) is 89.3 Å². The summed E-state index contributed by atoms with van der Waals surface area (Å²) in [6.07, 6.45) is 1.17. The lowest BCUT2D eigenvalue weighted by atomic mass is 10.1. The quantitative estimate of drug-likeness (QED) is 0.749. The minimum atomic E-state index is -0.489. The van der Waals surface area contributed by atoms with E-state index in [0.717, 1.165) is 10.2 Å². The zero-order valence-corrected chi connectivity index (χ0v) is 14.8. The van der Waals surface area contributed by atoms with Crippen molar-refractivity contribution in [3.63, 3.8) is 0 Å². The molecule has 1 aromatic heterocycles. The average molecular weight is 379 g/mol. The van der Waals surface area contributed by atoms with Crippen LogP contribution in [0.3, 0.4) is 0 Å². The van der Waals surface area contributed by atoms with Crippen molar-refractivity contribution in [1.29, 1.82) is 0 Å². The van der Waals surface area contributed by atoms with Gasteiger partial charge >= 0.3 is 6.09 Å². The van der Waals surface area contributed by atoms with Crippen LogP contribution in [0.25, 0.3) is 0 Å². The molecule has 1 amide bonds. The molecule has 0 spiro atoms. The lowest BCUT2D eigenvalue weighted by Gasteiger charge is -2.19. The molecule has 122 valence electrons. The molecule has 0 saturated heterocycles. The molecule has 0 radical (unpaired) electrons. The van der Waals surface area contributed by atoms with Crippen LogP contribution >= 0.6 is 15.9 Å². The first-order valence-corrected chi connectivity index (χ1v) is 7.80. The Bertz CT molecular complexity index is 696. The third kappa shape index (κ3) is 5.45. The van der Waals surface area contributed by atoms with Gasteiger partial charge in [0.2, 0.25) is 0 Å². The van der Waals surface area contributed by atoms with E-state index in [4.69, 9.17) is 10.5 Å². The van der Waals surface area contributed by atoms with Crippen molar-refractivity contribution >= 4 is 39.2 Å². The summed E-state index contributed by atoms with van der Waals surface area (Å²) in [6, 6.07) is 8.72. The standard InChI is InChI=1S/C16H19BrN4O2/c1-16(2,3)21-15(22)23-12-6-4-11(5-7-12)20-14-13(18)8-10(17)9-19-14/h4-9H,18H2,1-3H3,(H,19,20)(H,21,22). The number of carbonyl (C=O) groups excluding carboxylic acids is 1. The summed E-state index contributed by atoms with van der Waals surface area (Å²) in [5.41, 5.74) is 6.87. The number of halogens is 1. The number of nitrogen functional groups attached to an aromatic ring is 1. The lowest BCUT2D eigenvalue weighted by Crippen LogP contribution is -2.42. The van der Waals surface area contributed by atoms with E-state index >= 15 is 0 Å². The van der Waals surface area contributed by atoms with E-state index < -0.39 is 6.09 Å². The van der Waals surface area contributed by atoms with E-state index in [-0.39, 0.29) is 5.54 Å². The Kier molecular flexibility index (Phi) is 5.10. The van der Waals surface area contributed by atoms with Gasteiger partial charge in [-0.25, -0.2) is 9.78 Å². The first-order chi connectivity index (χ1) is 10.7. The van der Waals surface area contributed by atoms with E-state index in [2.05, 4.69) is 31.5 Å². The zero-order chi connectivity index (χ0) is 17.0. The minimum absolute atomic E-state index is 0.344. The van der Waals surface area contributed by atoms with Gasteiger partial charge in [0, 0.05) is 21.9 Å². The van der Waals surface area contributed by atoms with Gasteiger partial charge < -0.3 is 21.1 Å². The van der Waals surface area contributed by atoms with Crippen molar-refractivity contribution in [1.82, 2.24) is 10.3 Å². The van der Waals surface area contributed by atoms with Gasteiger partial charge in [0.1, 0.15) is 5.75 Å². The Balaban J connectivity index is 2.01. The second kappa shape index (κ2) is 6.87. The summed E-state index contributed by atoms with van der Waals surface area (Å²) in [7, 11) is 0. The van der Waals surface area contributed by atoms with Gasteiger partial charge in [0.25, 0.3) is 0 Å². The highest BCUT2D eigenvalue weighted by atomic mass is 79.9. The summed E-state index contributed by atoms with van der Waals surface area (Å²) in [5.74, 6) is 1.02. The number of aromatic nitrogens is 1. The number of pyridine rings is 1. The molecular formula is C16H19BrN4O2. The number of rotatable bonds is 3. The van der Waals surface area contributed by atoms with Gasteiger partial charge in [-0.3, -0.25) is 0 Å². The summed E-state index contributed by atoms with van der Waals surface area (Å²) in [6.45, 7) is 5.66. The molecule has 0 aliphatic heterocycles. The van der Waals surface area contributed by atoms with Crippen molar-refractivity contribution in [2.45, 2.75) is 26.3 Å². The van der Waals surface area contributed by atoms with Crippen molar-refractivity contribution in [2.75, 3.05) is 11.1 Å². The predicted octanol–water partition coefficient (Wildman–Crippen LogP) is 4.06. The fourth-order valence-corrected chi connectivity index (χ4v) is 2.09. The maximum atomic E-state index is 11.7. The molecule has 0 unspecified atom stereocenters. The zero-order valence-electron chi connectivity index (χ0n) is 13.2. The average Bonchev–Trinajstić information content (AvgIpc) is 2.42. The van der Waals surface area contributed by atoms with Gasteiger partial charge in [-0.15, -0.1) is 0 Å². The van der Waals surface area contributed by atoms with Crippen LogP contribution in [0.1, 0.15) is 20.8 Å². The number of amides is 1. The van der Waals surface area contributed by atoms with Gasteiger partial charge in [-0.1, -0.05) is 0 Å². The summed E-state index contributed by atoms with van der Waals surface area (Å²) < 4.78 is 6.02. The van der Waals surface area contributed by atoms with Gasteiger partial charge in [-0.05, 0) is 67.0 Å². The van der Waals surface area contributed by atoms with Crippen molar-refractivity contribution in [2.24, 2.45) is 0 Å². The van der Waals surface area contributed by atoms with Crippen LogP contribution in [0, 0.1) is 0 Å². The van der Waals surface area contributed by atoms with E-state index in [1.807, 2.05) is 20.8 Å². The lowest BCUT2D eigenvalue weighted by molar-refractivity contribution is 0.190. The fraction of sp³-hybridized carbons (Fsp3) is 0.250. The number of hydrogen-bond donors (Lipinski definition) is 3. The highest BCUT2D eigenvalue weighted by Crippen LogP contribution is 2.24. The molecule has 4 N–H and O–H groups in total. The minimum Gasteiger partial charge on any atom is -0.410 e. The Labute approximate surface area is 143 Å². The first-order valence-electron chi connectivity index (χ1n) is 7.01. The Morgan fingerprint density at radius 2 is 1.91 bits per heavy atom. The molecule has 2 rings (SSSR count).